The number of carbonyl (C=O) groups is 1. The van der Waals surface area contributed by atoms with Crippen molar-refractivity contribution < 1.29 is 17.6 Å². The van der Waals surface area contributed by atoms with Gasteiger partial charge in [0.15, 0.2) is 15.0 Å². The molecule has 7 nitrogen and oxygen atoms in total. The lowest BCUT2D eigenvalue weighted by Crippen LogP contribution is -2.17. The van der Waals surface area contributed by atoms with E-state index in [9.17, 15) is 18.0 Å². The number of hydrogen-bond donors (Lipinski definition) is 1. The molecule has 4 aromatic rings. The van der Waals surface area contributed by atoms with Crippen LogP contribution in [0.4, 0.5) is 5.13 Å². The molecule has 0 atom stereocenters. The van der Waals surface area contributed by atoms with Gasteiger partial charge >= 0.3 is 5.63 Å². The molecule has 4 rings (SSSR count). The first-order chi connectivity index (χ1) is 14.4. The Kier molecular flexibility index (Phi) is 5.47. The van der Waals surface area contributed by atoms with Gasteiger partial charge in [0.05, 0.1) is 21.9 Å². The molecular formula is C21H16N2O5S2. The zero-order chi connectivity index (χ0) is 21.1. The molecule has 0 spiro atoms. The molecule has 152 valence electrons. The molecule has 0 radical (unpaired) electrons. The van der Waals surface area contributed by atoms with Crippen LogP contribution in [0.3, 0.4) is 0 Å². The highest BCUT2D eigenvalue weighted by molar-refractivity contribution is 7.91. The summed E-state index contributed by atoms with van der Waals surface area (Å²) in [6.45, 7) is 0. The average Bonchev–Trinajstić information content (AvgIpc) is 3.20. The molecule has 1 amide bonds. The zero-order valence-electron chi connectivity index (χ0n) is 15.6. The summed E-state index contributed by atoms with van der Waals surface area (Å²) in [5.41, 5.74) is 0.629. The Morgan fingerprint density at radius 1 is 1.07 bits per heavy atom. The third-order valence-electron chi connectivity index (χ3n) is 4.37. The van der Waals surface area contributed by atoms with Gasteiger partial charge in [-0.1, -0.05) is 36.4 Å². The minimum atomic E-state index is -3.54. The highest BCUT2D eigenvalue weighted by atomic mass is 32.2. The van der Waals surface area contributed by atoms with Gasteiger partial charge in [-0.2, -0.15) is 0 Å². The van der Waals surface area contributed by atoms with Gasteiger partial charge < -0.3 is 9.73 Å². The second kappa shape index (κ2) is 8.21. The van der Waals surface area contributed by atoms with Crippen molar-refractivity contribution in [1.82, 2.24) is 4.98 Å². The molecule has 2 heterocycles. The van der Waals surface area contributed by atoms with E-state index in [1.54, 1.807) is 41.8 Å². The summed E-state index contributed by atoms with van der Waals surface area (Å²) < 4.78 is 29.9. The van der Waals surface area contributed by atoms with Crippen molar-refractivity contribution in [3.63, 3.8) is 0 Å². The number of sulfone groups is 1. The number of rotatable bonds is 6. The largest absolute Gasteiger partial charge is 0.422 e. The molecule has 0 saturated carbocycles. The summed E-state index contributed by atoms with van der Waals surface area (Å²) in [6, 6.07) is 16.8. The van der Waals surface area contributed by atoms with Crippen molar-refractivity contribution in [2.45, 2.75) is 11.3 Å². The van der Waals surface area contributed by atoms with E-state index in [4.69, 9.17) is 4.42 Å². The van der Waals surface area contributed by atoms with Gasteiger partial charge in [-0.25, -0.2) is 18.2 Å². The predicted octanol–water partition coefficient (Wildman–Crippen LogP) is 3.72. The van der Waals surface area contributed by atoms with Crippen LogP contribution >= 0.6 is 11.3 Å². The normalized spacial score (nSPS) is 11.5. The molecule has 1 N–H and O–H groups in total. The Labute approximate surface area is 175 Å². The first-order valence-electron chi connectivity index (χ1n) is 8.99. The van der Waals surface area contributed by atoms with Gasteiger partial charge in [0, 0.05) is 17.2 Å². The van der Waals surface area contributed by atoms with E-state index in [1.165, 1.54) is 12.1 Å². The number of anilines is 1. The van der Waals surface area contributed by atoms with Crippen LogP contribution in [0.1, 0.15) is 6.42 Å². The molecule has 0 aliphatic rings. The Hall–Kier alpha value is -3.30. The van der Waals surface area contributed by atoms with E-state index >= 15 is 0 Å². The van der Waals surface area contributed by atoms with E-state index in [-0.39, 0.29) is 27.8 Å². The Morgan fingerprint density at radius 3 is 2.60 bits per heavy atom. The summed E-state index contributed by atoms with van der Waals surface area (Å²) in [6.07, 6.45) is -0.204. The number of hydrogen-bond acceptors (Lipinski definition) is 7. The van der Waals surface area contributed by atoms with Gasteiger partial charge in [-0.15, -0.1) is 11.3 Å². The molecule has 0 aliphatic heterocycles. The van der Waals surface area contributed by atoms with Gasteiger partial charge in [0.2, 0.25) is 5.91 Å². The van der Waals surface area contributed by atoms with Crippen molar-refractivity contribution in [2.24, 2.45) is 0 Å². The number of nitrogens with one attached hydrogen (secondary N) is 1. The number of fused-ring (bicyclic) bond motifs is 1. The second-order valence-corrected chi connectivity index (χ2v) is 9.42. The van der Waals surface area contributed by atoms with Crippen LogP contribution < -0.4 is 10.9 Å². The Bertz CT molecular complexity index is 1380. The summed E-state index contributed by atoms with van der Waals surface area (Å²) in [7, 11) is -3.54. The maximum Gasteiger partial charge on any atom is 0.345 e. The summed E-state index contributed by atoms with van der Waals surface area (Å²) in [5, 5.41) is 5.26. The molecule has 0 unspecified atom stereocenters. The summed E-state index contributed by atoms with van der Waals surface area (Å²) in [5.74, 6) is -0.782. The molecule has 0 fully saturated rings. The molecule has 9 heteroatoms. The van der Waals surface area contributed by atoms with Crippen LogP contribution in [0, 0.1) is 0 Å². The number of para-hydroxylation sites is 1. The quantitative estimate of drug-likeness (QED) is 0.458. The molecular weight excluding hydrogens is 424 g/mol. The maximum atomic E-state index is 12.3. The molecule has 2 aromatic heterocycles. The van der Waals surface area contributed by atoms with Crippen molar-refractivity contribution in [3.05, 3.63) is 76.5 Å². The average molecular weight is 441 g/mol. The van der Waals surface area contributed by atoms with E-state index < -0.39 is 21.4 Å². The van der Waals surface area contributed by atoms with Crippen molar-refractivity contribution in [3.8, 4) is 11.3 Å². The van der Waals surface area contributed by atoms with Crippen molar-refractivity contribution >= 4 is 43.2 Å². The van der Waals surface area contributed by atoms with E-state index in [0.717, 1.165) is 16.7 Å². The number of carbonyl (C=O) groups excluding carboxylic acids is 1. The van der Waals surface area contributed by atoms with E-state index in [0.29, 0.717) is 11.3 Å². The first kappa shape index (κ1) is 20.0. The second-order valence-electron chi connectivity index (χ2n) is 6.45. The van der Waals surface area contributed by atoms with Gasteiger partial charge in [-0.3, -0.25) is 4.79 Å². The lowest BCUT2D eigenvalue weighted by Gasteiger charge is -2.04. The highest BCUT2D eigenvalue weighted by Gasteiger charge is 2.17. The zero-order valence-corrected chi connectivity index (χ0v) is 17.2. The van der Waals surface area contributed by atoms with E-state index in [2.05, 4.69) is 10.3 Å². The van der Waals surface area contributed by atoms with Crippen LogP contribution in [0.5, 0.6) is 0 Å². The van der Waals surface area contributed by atoms with Gasteiger partial charge in [0.25, 0.3) is 0 Å². The lowest BCUT2D eigenvalue weighted by molar-refractivity contribution is -0.115. The minimum Gasteiger partial charge on any atom is -0.422 e. The topological polar surface area (TPSA) is 106 Å². The van der Waals surface area contributed by atoms with Gasteiger partial charge in [-0.05, 0) is 24.3 Å². The third kappa shape index (κ3) is 4.32. The maximum absolute atomic E-state index is 12.3. The molecule has 0 aliphatic carbocycles. The molecule has 0 saturated heterocycles. The van der Waals surface area contributed by atoms with Crippen LogP contribution in [-0.4, -0.2) is 25.1 Å². The number of aromatic nitrogens is 1. The molecule has 0 bridgehead atoms. The van der Waals surface area contributed by atoms with Crippen LogP contribution in [-0.2, 0) is 14.6 Å². The minimum absolute atomic E-state index is 0.178. The van der Waals surface area contributed by atoms with Crippen molar-refractivity contribution in [1.29, 1.82) is 0 Å². The van der Waals surface area contributed by atoms with E-state index in [1.807, 2.05) is 12.1 Å². The highest BCUT2D eigenvalue weighted by Crippen LogP contribution is 2.25. The summed E-state index contributed by atoms with van der Waals surface area (Å²) in [4.78, 5) is 28.9. The van der Waals surface area contributed by atoms with Crippen LogP contribution in [0.15, 0.2) is 80.2 Å². The Balaban J connectivity index is 1.45. The summed E-state index contributed by atoms with van der Waals surface area (Å²) >= 11 is 1.14. The number of benzene rings is 2. The fraction of sp³-hybridized carbons (Fsp3) is 0.0952. The monoisotopic (exact) mass is 440 g/mol. The number of nitrogens with zero attached hydrogens (tertiary/aromatic N) is 1. The predicted molar refractivity (Wildman–Crippen MR) is 115 cm³/mol. The van der Waals surface area contributed by atoms with Crippen LogP contribution in [0.2, 0.25) is 0 Å². The number of amides is 1. The third-order valence-corrected chi connectivity index (χ3v) is 6.86. The number of thiazole rings is 1. The molecule has 2 aromatic carbocycles. The fourth-order valence-electron chi connectivity index (χ4n) is 2.85. The Morgan fingerprint density at radius 2 is 1.80 bits per heavy atom. The van der Waals surface area contributed by atoms with Crippen LogP contribution in [0.25, 0.3) is 22.2 Å². The fourth-order valence-corrected chi connectivity index (χ4v) is 4.84. The standard InChI is InChI=1S/C21H16N2O5S2/c24-19(10-11-30(26,27)15-7-2-1-3-8-15)23-21-22-17(13-29-21)16-12-14-6-4-5-9-18(14)28-20(16)25/h1-9,12-13H,10-11H2,(H,22,23,24). The SMILES string of the molecule is O=C(CCS(=O)(=O)c1ccccc1)Nc1nc(-c2cc3ccccc3oc2=O)cs1. The van der Waals surface area contributed by atoms with Gasteiger partial charge in [0.1, 0.15) is 5.58 Å². The lowest BCUT2D eigenvalue weighted by atomic mass is 10.1. The molecule has 30 heavy (non-hydrogen) atoms. The smallest absolute Gasteiger partial charge is 0.345 e. The first-order valence-corrected chi connectivity index (χ1v) is 11.5. The van der Waals surface area contributed by atoms with Crippen molar-refractivity contribution in [2.75, 3.05) is 11.1 Å².